The van der Waals surface area contributed by atoms with E-state index in [9.17, 15) is 4.79 Å². The summed E-state index contributed by atoms with van der Waals surface area (Å²) in [4.78, 5) is 17.0. The first-order valence-corrected chi connectivity index (χ1v) is 9.57. The van der Waals surface area contributed by atoms with Gasteiger partial charge in [-0.1, -0.05) is 41.9 Å². The molecule has 1 fully saturated rings. The van der Waals surface area contributed by atoms with Crippen molar-refractivity contribution in [3.05, 3.63) is 64.7 Å². The Labute approximate surface area is 184 Å². The third-order valence-corrected chi connectivity index (χ3v) is 5.18. The van der Waals surface area contributed by atoms with Crippen molar-refractivity contribution in [1.29, 1.82) is 0 Å². The van der Waals surface area contributed by atoms with Gasteiger partial charge in [0.1, 0.15) is 0 Å². The molecule has 4 nitrogen and oxygen atoms in total. The van der Waals surface area contributed by atoms with Crippen LogP contribution < -0.4 is 5.73 Å². The largest absolute Gasteiger partial charge is 0.399 e. The lowest BCUT2D eigenvalue weighted by Gasteiger charge is -2.22. The first kappa shape index (κ1) is 24.6. The summed E-state index contributed by atoms with van der Waals surface area (Å²) in [6.07, 6.45) is 2.23. The smallest absolute Gasteiger partial charge is 0.222 e. The van der Waals surface area contributed by atoms with Crippen LogP contribution in [0.4, 0.5) is 5.69 Å². The predicted octanol–water partition coefficient (Wildman–Crippen LogP) is 4.43. The molecule has 1 amide bonds. The van der Waals surface area contributed by atoms with Crippen LogP contribution in [-0.4, -0.2) is 41.9 Å². The summed E-state index contributed by atoms with van der Waals surface area (Å²) < 4.78 is 0. The Kier molecular flexibility index (Phi) is 10.7. The third kappa shape index (κ3) is 7.17. The highest BCUT2D eigenvalue weighted by molar-refractivity contribution is 6.30. The van der Waals surface area contributed by atoms with Gasteiger partial charge in [0.15, 0.2) is 0 Å². The summed E-state index contributed by atoms with van der Waals surface area (Å²) in [5, 5.41) is 0.764. The molecular weight excluding hydrogens is 417 g/mol. The number of aryl methyl sites for hydroxylation is 1. The van der Waals surface area contributed by atoms with Gasteiger partial charge >= 0.3 is 0 Å². The number of nitrogens with two attached hydrogens (primary N) is 1. The van der Waals surface area contributed by atoms with Crippen molar-refractivity contribution >= 4 is 48.0 Å². The molecule has 0 saturated carbocycles. The van der Waals surface area contributed by atoms with Crippen LogP contribution in [0.5, 0.6) is 0 Å². The van der Waals surface area contributed by atoms with Crippen molar-refractivity contribution in [3.8, 4) is 0 Å². The van der Waals surface area contributed by atoms with Gasteiger partial charge in [-0.2, -0.15) is 0 Å². The second-order valence-corrected chi connectivity index (χ2v) is 7.27. The number of para-hydroxylation sites is 1. The number of halogens is 3. The highest BCUT2D eigenvalue weighted by atomic mass is 35.5. The van der Waals surface area contributed by atoms with Gasteiger partial charge in [-0.25, -0.2) is 0 Å². The standard InChI is InChI=1S/C21H26ClN3O.2ClH/c22-19-9-6-17(7-10-19)16-24-12-3-13-25(15-14-24)21(26)11-8-18-4-1-2-5-20(18)23;;/h1-2,4-7,9-10H,3,8,11-16,23H2;2*1H. The Hall–Kier alpha value is -1.46. The molecule has 0 spiro atoms. The number of benzene rings is 2. The minimum atomic E-state index is 0. The molecule has 0 unspecified atom stereocenters. The molecule has 1 heterocycles. The zero-order chi connectivity index (χ0) is 18.4. The lowest BCUT2D eigenvalue weighted by atomic mass is 10.1. The first-order chi connectivity index (χ1) is 12.6. The summed E-state index contributed by atoms with van der Waals surface area (Å²) in [7, 11) is 0. The van der Waals surface area contributed by atoms with Gasteiger partial charge in [0.05, 0.1) is 0 Å². The van der Waals surface area contributed by atoms with Crippen molar-refractivity contribution in [1.82, 2.24) is 9.80 Å². The highest BCUT2D eigenvalue weighted by Crippen LogP contribution is 2.16. The molecule has 28 heavy (non-hydrogen) atoms. The molecular formula is C21H28Cl3N3O. The van der Waals surface area contributed by atoms with Crippen LogP contribution in [0.2, 0.25) is 5.02 Å². The molecule has 2 aromatic rings. The maximum atomic E-state index is 12.6. The highest BCUT2D eigenvalue weighted by Gasteiger charge is 2.19. The van der Waals surface area contributed by atoms with Crippen LogP contribution in [0.15, 0.2) is 48.5 Å². The van der Waals surface area contributed by atoms with Crippen molar-refractivity contribution in [2.45, 2.75) is 25.8 Å². The Bertz CT molecular complexity index is 740. The van der Waals surface area contributed by atoms with E-state index in [-0.39, 0.29) is 30.7 Å². The number of amides is 1. The van der Waals surface area contributed by atoms with Gasteiger partial charge in [-0.15, -0.1) is 24.8 Å². The minimum Gasteiger partial charge on any atom is -0.399 e. The normalized spacial score (nSPS) is 14.5. The SMILES string of the molecule is Cl.Cl.Nc1ccccc1CCC(=O)N1CCCN(Cc2ccc(Cl)cc2)CC1. The topological polar surface area (TPSA) is 49.6 Å². The average molecular weight is 445 g/mol. The van der Waals surface area contributed by atoms with E-state index in [0.717, 1.165) is 55.4 Å². The molecule has 0 bridgehead atoms. The fraction of sp³-hybridized carbons (Fsp3) is 0.381. The second-order valence-electron chi connectivity index (χ2n) is 6.84. The van der Waals surface area contributed by atoms with Gasteiger partial charge in [-0.05, 0) is 42.2 Å². The fourth-order valence-corrected chi connectivity index (χ4v) is 3.51. The number of carbonyl (C=O) groups is 1. The minimum absolute atomic E-state index is 0. The van der Waals surface area contributed by atoms with Crippen LogP contribution >= 0.6 is 36.4 Å². The molecule has 2 aromatic carbocycles. The maximum Gasteiger partial charge on any atom is 0.222 e. The summed E-state index contributed by atoms with van der Waals surface area (Å²) in [6, 6.07) is 15.8. The molecule has 0 aromatic heterocycles. The van der Waals surface area contributed by atoms with Crippen LogP contribution in [-0.2, 0) is 17.8 Å². The van der Waals surface area contributed by atoms with Crippen LogP contribution in [0.1, 0.15) is 24.0 Å². The van der Waals surface area contributed by atoms with E-state index in [2.05, 4.69) is 17.0 Å². The fourth-order valence-electron chi connectivity index (χ4n) is 3.39. The molecule has 1 aliphatic rings. The molecule has 2 N–H and O–H groups in total. The van der Waals surface area contributed by atoms with Crippen molar-refractivity contribution in [2.75, 3.05) is 31.9 Å². The Balaban J connectivity index is 0.00000196. The summed E-state index contributed by atoms with van der Waals surface area (Å²) in [6.45, 7) is 4.44. The maximum absolute atomic E-state index is 12.6. The van der Waals surface area contributed by atoms with Crippen LogP contribution in [0.25, 0.3) is 0 Å². The Morgan fingerprint density at radius 1 is 0.964 bits per heavy atom. The average Bonchev–Trinajstić information content (AvgIpc) is 2.88. The van der Waals surface area contributed by atoms with Crippen molar-refractivity contribution in [2.24, 2.45) is 0 Å². The molecule has 0 radical (unpaired) electrons. The molecule has 1 saturated heterocycles. The number of nitrogens with zero attached hydrogens (tertiary/aromatic N) is 2. The van der Waals surface area contributed by atoms with Crippen LogP contribution in [0, 0.1) is 0 Å². The van der Waals surface area contributed by atoms with Gasteiger partial charge in [-0.3, -0.25) is 9.69 Å². The van der Waals surface area contributed by atoms with Gasteiger partial charge in [0.2, 0.25) is 5.91 Å². The molecule has 0 aliphatic carbocycles. The monoisotopic (exact) mass is 443 g/mol. The van der Waals surface area contributed by atoms with Gasteiger partial charge in [0.25, 0.3) is 0 Å². The van der Waals surface area contributed by atoms with E-state index < -0.39 is 0 Å². The number of hydrogen-bond acceptors (Lipinski definition) is 3. The van der Waals surface area contributed by atoms with E-state index >= 15 is 0 Å². The molecule has 0 atom stereocenters. The summed E-state index contributed by atoms with van der Waals surface area (Å²) in [5.41, 5.74) is 9.05. The van der Waals surface area contributed by atoms with E-state index in [0.29, 0.717) is 12.8 Å². The van der Waals surface area contributed by atoms with Crippen molar-refractivity contribution < 1.29 is 4.79 Å². The predicted molar refractivity (Wildman–Crippen MR) is 122 cm³/mol. The second kappa shape index (κ2) is 12.2. The van der Waals surface area contributed by atoms with Crippen LogP contribution in [0.3, 0.4) is 0 Å². The Morgan fingerprint density at radius 2 is 1.68 bits per heavy atom. The lowest BCUT2D eigenvalue weighted by molar-refractivity contribution is -0.131. The number of anilines is 1. The van der Waals surface area contributed by atoms with E-state index in [1.807, 2.05) is 41.3 Å². The Morgan fingerprint density at radius 3 is 2.39 bits per heavy atom. The zero-order valence-electron chi connectivity index (χ0n) is 15.9. The zero-order valence-corrected chi connectivity index (χ0v) is 18.2. The van der Waals surface area contributed by atoms with E-state index in [4.69, 9.17) is 17.3 Å². The summed E-state index contributed by atoms with van der Waals surface area (Å²) in [5.74, 6) is 0.224. The number of nitrogen functional groups attached to an aromatic ring is 1. The van der Waals surface area contributed by atoms with E-state index in [1.54, 1.807) is 0 Å². The van der Waals surface area contributed by atoms with Gasteiger partial charge in [0, 0.05) is 49.9 Å². The van der Waals surface area contributed by atoms with Gasteiger partial charge < -0.3 is 10.6 Å². The lowest BCUT2D eigenvalue weighted by Crippen LogP contribution is -2.35. The molecule has 1 aliphatic heterocycles. The third-order valence-electron chi connectivity index (χ3n) is 4.92. The summed E-state index contributed by atoms with van der Waals surface area (Å²) >= 11 is 5.95. The molecule has 3 rings (SSSR count). The quantitative estimate of drug-likeness (QED) is 0.694. The molecule has 154 valence electrons. The number of carbonyl (C=O) groups excluding carboxylic acids is 1. The molecule has 7 heteroatoms. The number of rotatable bonds is 5. The van der Waals surface area contributed by atoms with Crippen molar-refractivity contribution in [3.63, 3.8) is 0 Å². The number of hydrogen-bond donors (Lipinski definition) is 1. The van der Waals surface area contributed by atoms with E-state index in [1.165, 1.54) is 5.56 Å². The first-order valence-electron chi connectivity index (χ1n) is 9.20.